The van der Waals surface area contributed by atoms with E-state index in [0.717, 1.165) is 27.6 Å². The molecule has 2 atom stereocenters. The summed E-state index contributed by atoms with van der Waals surface area (Å²) in [4.78, 5) is 49.5. The molecule has 262 valence electrons. The number of aryl methyl sites for hydroxylation is 2. The van der Waals surface area contributed by atoms with Crippen molar-refractivity contribution in [2.75, 3.05) is 33.2 Å². The van der Waals surface area contributed by atoms with Crippen LogP contribution in [0.5, 0.6) is 11.5 Å². The predicted molar refractivity (Wildman–Crippen MR) is 191 cm³/mol. The van der Waals surface area contributed by atoms with Gasteiger partial charge in [0.05, 0.1) is 26.5 Å². The molecule has 4 aromatic rings. The molecular formula is C37H41N5O7S. The molecule has 2 amide bonds. The van der Waals surface area contributed by atoms with Crippen LogP contribution in [0.4, 0.5) is 5.69 Å². The Morgan fingerprint density at radius 1 is 1.08 bits per heavy atom. The lowest BCUT2D eigenvalue weighted by molar-refractivity contribution is -0.142. The summed E-state index contributed by atoms with van der Waals surface area (Å²) in [6.07, 6.45) is 1.20. The highest BCUT2D eigenvalue weighted by Crippen LogP contribution is 2.26. The fraction of sp³-hybridized carbons (Fsp3) is 0.324. The predicted octanol–water partition coefficient (Wildman–Crippen LogP) is 5.12. The van der Waals surface area contributed by atoms with Gasteiger partial charge < -0.3 is 34.9 Å². The van der Waals surface area contributed by atoms with Gasteiger partial charge in [-0.05, 0) is 80.3 Å². The number of nitrogens with zero attached hydrogens (tertiary/aromatic N) is 3. The minimum Gasteiger partial charge on any atom is -0.506 e. The van der Waals surface area contributed by atoms with E-state index in [1.54, 1.807) is 38.4 Å². The molecule has 0 bridgehead atoms. The molecule has 1 unspecified atom stereocenters. The Morgan fingerprint density at radius 2 is 1.88 bits per heavy atom. The van der Waals surface area contributed by atoms with E-state index in [-0.39, 0.29) is 47.2 Å². The van der Waals surface area contributed by atoms with Crippen molar-refractivity contribution in [1.82, 2.24) is 15.2 Å². The third kappa shape index (κ3) is 9.17. The number of amides is 2. The third-order valence-corrected chi connectivity index (χ3v) is 9.07. The first-order valence-electron chi connectivity index (χ1n) is 16.1. The van der Waals surface area contributed by atoms with Crippen molar-refractivity contribution in [2.24, 2.45) is 4.99 Å². The van der Waals surface area contributed by atoms with Crippen LogP contribution >= 0.6 is 11.3 Å². The van der Waals surface area contributed by atoms with E-state index >= 15 is 0 Å². The van der Waals surface area contributed by atoms with Crippen molar-refractivity contribution in [1.29, 1.82) is 0 Å². The third-order valence-electron chi connectivity index (χ3n) is 8.12. The number of carbonyl (C=O) groups excluding carboxylic acids is 3. The number of hydrogen-bond donors (Lipinski definition) is 3. The number of anilines is 1. The minimum absolute atomic E-state index is 0.00308. The quantitative estimate of drug-likeness (QED) is 0.120. The maximum absolute atomic E-state index is 13.6. The first kappa shape index (κ1) is 35.9. The van der Waals surface area contributed by atoms with Crippen LogP contribution in [0.2, 0.25) is 0 Å². The molecular weight excluding hydrogens is 659 g/mol. The lowest BCUT2D eigenvalue weighted by Crippen LogP contribution is -2.33. The van der Waals surface area contributed by atoms with Crippen LogP contribution in [0.25, 0.3) is 0 Å². The Hall–Kier alpha value is -5.43. The summed E-state index contributed by atoms with van der Waals surface area (Å²) in [7, 11) is 4.57. The standard InChI is InChI=1S/C37H41N5O7S/c1-22(9-10-24-11-12-30(32(43)14-24)38-18-25-7-6-8-29(13-25)47-4)40-34(44)26-15-27(35-41-31(20-49-35)37(46)48-5)17-28(16-26)36(45)42(3)19-33-39-23(2)21-50-33/h6-8,11-17,21-22,31,38,43H,9-10,18-20H2,1-5H3,(H,40,44)/t22?,31-/m0/s1. The Kier molecular flexibility index (Phi) is 11.7. The van der Waals surface area contributed by atoms with Crippen LogP contribution < -0.4 is 15.4 Å². The van der Waals surface area contributed by atoms with Gasteiger partial charge in [0.2, 0.25) is 5.90 Å². The molecule has 1 aliphatic heterocycles. The monoisotopic (exact) mass is 699 g/mol. The molecule has 2 heterocycles. The van der Waals surface area contributed by atoms with Gasteiger partial charge in [-0.1, -0.05) is 18.2 Å². The van der Waals surface area contributed by atoms with Crippen LogP contribution in [0, 0.1) is 6.92 Å². The van der Waals surface area contributed by atoms with Gasteiger partial charge in [-0.15, -0.1) is 11.3 Å². The van der Waals surface area contributed by atoms with E-state index in [9.17, 15) is 19.5 Å². The van der Waals surface area contributed by atoms with Gasteiger partial charge in [0.15, 0.2) is 6.04 Å². The molecule has 0 spiro atoms. The van der Waals surface area contributed by atoms with E-state index in [2.05, 4.69) is 20.6 Å². The Bertz CT molecular complexity index is 1890. The van der Waals surface area contributed by atoms with Gasteiger partial charge in [-0.2, -0.15) is 0 Å². The number of aromatic hydroxyl groups is 1. The van der Waals surface area contributed by atoms with Crippen LogP contribution in [-0.2, 0) is 33.8 Å². The van der Waals surface area contributed by atoms with Crippen molar-refractivity contribution in [3.8, 4) is 11.5 Å². The molecule has 12 nitrogen and oxygen atoms in total. The number of phenols is 1. The second kappa shape index (κ2) is 16.3. The van der Waals surface area contributed by atoms with Gasteiger partial charge >= 0.3 is 5.97 Å². The zero-order valence-electron chi connectivity index (χ0n) is 28.7. The van der Waals surface area contributed by atoms with Crippen molar-refractivity contribution < 1.29 is 33.7 Å². The van der Waals surface area contributed by atoms with Crippen molar-refractivity contribution in [2.45, 2.75) is 51.9 Å². The lowest BCUT2D eigenvalue weighted by atomic mass is 10.0. The molecule has 1 aliphatic rings. The first-order valence-corrected chi connectivity index (χ1v) is 17.0. The van der Waals surface area contributed by atoms with Crippen LogP contribution in [-0.4, -0.2) is 78.6 Å². The fourth-order valence-corrected chi connectivity index (χ4v) is 6.21. The molecule has 13 heteroatoms. The van der Waals surface area contributed by atoms with E-state index in [1.807, 2.05) is 55.6 Å². The average Bonchev–Trinajstić information content (AvgIpc) is 3.78. The number of hydrogen-bond acceptors (Lipinski definition) is 11. The summed E-state index contributed by atoms with van der Waals surface area (Å²) < 4.78 is 15.8. The molecule has 0 saturated heterocycles. The van der Waals surface area contributed by atoms with Crippen molar-refractivity contribution in [3.05, 3.63) is 105 Å². The number of aromatic nitrogens is 1. The average molecular weight is 700 g/mol. The summed E-state index contributed by atoms with van der Waals surface area (Å²) in [6.45, 7) is 4.61. The number of thiazole rings is 1. The zero-order chi connectivity index (χ0) is 35.8. The van der Waals surface area contributed by atoms with Gasteiger partial charge in [0.1, 0.15) is 23.1 Å². The van der Waals surface area contributed by atoms with Crippen molar-refractivity contribution in [3.63, 3.8) is 0 Å². The smallest absolute Gasteiger partial charge is 0.334 e. The first-order chi connectivity index (χ1) is 24.0. The number of carbonyl (C=O) groups is 3. The van der Waals surface area contributed by atoms with E-state index in [4.69, 9.17) is 14.2 Å². The largest absolute Gasteiger partial charge is 0.506 e. The minimum atomic E-state index is -0.834. The van der Waals surface area contributed by atoms with Crippen LogP contribution in [0.1, 0.15) is 61.5 Å². The maximum Gasteiger partial charge on any atom is 0.334 e. The normalized spacial score (nSPS) is 14.3. The highest BCUT2D eigenvalue weighted by atomic mass is 32.1. The van der Waals surface area contributed by atoms with Gasteiger partial charge in [-0.25, -0.2) is 14.8 Å². The molecule has 3 aromatic carbocycles. The number of benzene rings is 3. The lowest BCUT2D eigenvalue weighted by Gasteiger charge is -2.18. The van der Waals surface area contributed by atoms with Gasteiger partial charge in [0, 0.05) is 47.4 Å². The number of rotatable bonds is 14. The van der Waals surface area contributed by atoms with Gasteiger partial charge in [-0.3, -0.25) is 9.59 Å². The highest BCUT2D eigenvalue weighted by molar-refractivity contribution is 7.09. The molecule has 0 saturated carbocycles. The molecule has 50 heavy (non-hydrogen) atoms. The van der Waals surface area contributed by atoms with Gasteiger partial charge in [0.25, 0.3) is 11.8 Å². The number of nitrogens with one attached hydrogen (secondary N) is 2. The summed E-state index contributed by atoms with van der Waals surface area (Å²) in [6, 6.07) is 16.9. The highest BCUT2D eigenvalue weighted by Gasteiger charge is 2.29. The topological polar surface area (TPSA) is 152 Å². The van der Waals surface area contributed by atoms with E-state index < -0.39 is 12.0 Å². The molecule has 1 aromatic heterocycles. The molecule has 3 N–H and O–H groups in total. The summed E-state index contributed by atoms with van der Waals surface area (Å²) in [5.41, 5.74) is 4.33. The second-order valence-electron chi connectivity index (χ2n) is 12.1. The molecule has 0 aliphatic carbocycles. The fourth-order valence-electron chi connectivity index (χ4n) is 5.39. The Morgan fingerprint density at radius 3 is 2.60 bits per heavy atom. The number of ether oxygens (including phenoxy) is 3. The molecule has 0 radical (unpaired) electrons. The summed E-state index contributed by atoms with van der Waals surface area (Å²) >= 11 is 1.47. The molecule has 5 rings (SSSR count). The number of aliphatic imine (C=N–C) groups is 1. The Balaban J connectivity index is 1.25. The second-order valence-corrected chi connectivity index (χ2v) is 13.0. The number of phenolic OH excluding ortho intramolecular Hbond substituents is 1. The van der Waals surface area contributed by atoms with Crippen LogP contribution in [0.3, 0.4) is 0 Å². The van der Waals surface area contributed by atoms with Crippen molar-refractivity contribution >= 4 is 40.7 Å². The number of esters is 1. The summed E-state index contributed by atoms with van der Waals surface area (Å²) in [5, 5.41) is 19.6. The van der Waals surface area contributed by atoms with Crippen LogP contribution in [0.15, 0.2) is 71.0 Å². The Labute approximate surface area is 295 Å². The summed E-state index contributed by atoms with van der Waals surface area (Å²) in [5.74, 6) is -0.178. The van der Waals surface area contributed by atoms with E-state index in [1.165, 1.54) is 23.3 Å². The number of methoxy groups -OCH3 is 2. The zero-order valence-corrected chi connectivity index (χ0v) is 29.5. The maximum atomic E-state index is 13.6. The SMILES string of the molecule is COC(=O)[C@@H]1COC(c2cc(C(=O)NC(C)CCc3ccc(NCc4cccc(OC)c4)c(O)c3)cc(C(=O)N(C)Cc3nc(C)cs3)c2)=N1. The van der Waals surface area contributed by atoms with E-state index in [0.29, 0.717) is 37.2 Å². The molecule has 0 fully saturated rings.